The maximum Gasteiger partial charge on any atom is 0.169 e. The average Bonchev–Trinajstić information content (AvgIpc) is 3.19. The van der Waals surface area contributed by atoms with Gasteiger partial charge in [-0.05, 0) is 78.3 Å². The number of benzene rings is 2. The number of carbonyl (C=O) groups excluding carboxylic acids is 1. The van der Waals surface area contributed by atoms with E-state index in [9.17, 15) is 4.79 Å². The number of rotatable bonds is 2. The van der Waals surface area contributed by atoms with E-state index < -0.39 is 0 Å². The lowest BCUT2D eigenvalue weighted by atomic mass is 9.63. The fourth-order valence-corrected chi connectivity index (χ4v) is 5.68. The molecule has 1 nitrogen and oxygen atoms in total. The Morgan fingerprint density at radius 3 is 2.84 bits per heavy atom. The van der Waals surface area contributed by atoms with Gasteiger partial charge in [-0.15, -0.1) is 0 Å². The van der Waals surface area contributed by atoms with Crippen LogP contribution in [0.15, 0.2) is 42.0 Å². The number of carbonyl (C=O) groups is 1. The lowest BCUT2D eigenvalue weighted by molar-refractivity contribution is 0.0671. The van der Waals surface area contributed by atoms with Crippen LogP contribution in [0.2, 0.25) is 0 Å². The second-order valence-electron chi connectivity index (χ2n) is 8.91. The average molecular weight is 330 g/mol. The van der Waals surface area contributed by atoms with Gasteiger partial charge in [-0.3, -0.25) is 4.79 Å². The summed E-state index contributed by atoms with van der Waals surface area (Å²) in [4.78, 5) is 13.6. The Bertz CT molecular complexity index is 917. The van der Waals surface area contributed by atoms with Crippen LogP contribution in [0.4, 0.5) is 0 Å². The Kier molecular flexibility index (Phi) is 3.26. The van der Waals surface area contributed by atoms with Crippen molar-refractivity contribution < 1.29 is 4.79 Å². The predicted octanol–water partition coefficient (Wildman–Crippen LogP) is 5.89. The second-order valence-corrected chi connectivity index (χ2v) is 8.91. The quantitative estimate of drug-likeness (QED) is 0.627. The van der Waals surface area contributed by atoms with E-state index in [-0.39, 0.29) is 5.41 Å². The van der Waals surface area contributed by atoms with Gasteiger partial charge in [0, 0.05) is 11.0 Å². The van der Waals surface area contributed by atoms with Crippen LogP contribution in [0.3, 0.4) is 0 Å². The highest BCUT2D eigenvalue weighted by atomic mass is 16.1. The lowest BCUT2D eigenvalue weighted by Crippen LogP contribution is -2.39. The molecule has 0 radical (unpaired) electrons. The maximum absolute atomic E-state index is 13.6. The zero-order valence-electron chi connectivity index (χ0n) is 15.3. The molecule has 1 heteroatoms. The minimum absolute atomic E-state index is 0.0717. The van der Waals surface area contributed by atoms with Crippen molar-refractivity contribution in [1.29, 1.82) is 0 Å². The molecular formula is C24H26O. The smallest absolute Gasteiger partial charge is 0.169 e. The highest BCUT2D eigenvalue weighted by molar-refractivity contribution is 6.07. The van der Waals surface area contributed by atoms with Gasteiger partial charge < -0.3 is 0 Å². The molecule has 2 atom stereocenters. The first-order chi connectivity index (χ1) is 12.1. The number of allylic oxidation sites excluding steroid dienone is 2. The molecule has 1 fully saturated rings. The first kappa shape index (κ1) is 15.4. The van der Waals surface area contributed by atoms with Crippen molar-refractivity contribution in [2.24, 2.45) is 17.3 Å². The normalized spacial score (nSPS) is 27.4. The van der Waals surface area contributed by atoms with Crippen molar-refractivity contribution in [3.63, 3.8) is 0 Å². The fourth-order valence-electron chi connectivity index (χ4n) is 5.68. The molecule has 1 spiro atoms. The molecule has 2 unspecified atom stereocenters. The van der Waals surface area contributed by atoms with E-state index in [1.54, 1.807) is 5.57 Å². The van der Waals surface area contributed by atoms with Crippen LogP contribution >= 0.6 is 0 Å². The van der Waals surface area contributed by atoms with Crippen LogP contribution in [0.25, 0.3) is 10.8 Å². The number of ketones is 1. The van der Waals surface area contributed by atoms with Crippen LogP contribution in [-0.2, 0) is 12.8 Å². The van der Waals surface area contributed by atoms with Gasteiger partial charge in [0.25, 0.3) is 0 Å². The van der Waals surface area contributed by atoms with Crippen molar-refractivity contribution in [3.8, 4) is 0 Å². The number of aryl methyl sites for hydroxylation is 1. The molecule has 128 valence electrons. The number of hydrogen-bond donors (Lipinski definition) is 0. The molecule has 0 heterocycles. The van der Waals surface area contributed by atoms with Crippen LogP contribution < -0.4 is 0 Å². The lowest BCUT2D eigenvalue weighted by Gasteiger charge is -2.39. The van der Waals surface area contributed by atoms with E-state index in [4.69, 9.17) is 0 Å². The minimum atomic E-state index is -0.0717. The molecule has 2 aromatic carbocycles. The summed E-state index contributed by atoms with van der Waals surface area (Å²) in [5, 5.41) is 2.60. The third-order valence-corrected chi connectivity index (χ3v) is 6.88. The zero-order chi connectivity index (χ0) is 17.2. The summed E-state index contributed by atoms with van der Waals surface area (Å²) in [5.41, 5.74) is 5.17. The van der Waals surface area contributed by atoms with Crippen LogP contribution in [0.1, 0.15) is 61.0 Å². The molecule has 2 aromatic rings. The van der Waals surface area contributed by atoms with Crippen LogP contribution in [0, 0.1) is 17.3 Å². The third-order valence-electron chi connectivity index (χ3n) is 6.88. The number of Topliss-reactive ketones (excluding diaryl/α,β-unsaturated/α-hetero) is 1. The Labute approximate surface area is 150 Å². The molecular weight excluding hydrogens is 304 g/mol. The molecule has 5 rings (SSSR count). The number of hydrogen-bond acceptors (Lipinski definition) is 1. The van der Waals surface area contributed by atoms with E-state index >= 15 is 0 Å². The van der Waals surface area contributed by atoms with E-state index in [0.717, 1.165) is 37.7 Å². The fraction of sp³-hybridized carbons (Fsp3) is 0.458. The SMILES string of the molecule is CC(C)Cc1cccc2cc3c(cc12)C(=O)C1(CC3)CC2=CCC1C2. The van der Waals surface area contributed by atoms with E-state index in [0.29, 0.717) is 17.6 Å². The monoisotopic (exact) mass is 330 g/mol. The van der Waals surface area contributed by atoms with Crippen LogP contribution in [0.5, 0.6) is 0 Å². The summed E-state index contributed by atoms with van der Waals surface area (Å²) >= 11 is 0. The van der Waals surface area contributed by atoms with E-state index in [2.05, 4.69) is 50.3 Å². The third kappa shape index (κ3) is 2.18. The van der Waals surface area contributed by atoms with Gasteiger partial charge >= 0.3 is 0 Å². The van der Waals surface area contributed by atoms with Crippen molar-refractivity contribution in [2.45, 2.75) is 52.4 Å². The van der Waals surface area contributed by atoms with Gasteiger partial charge in [0.1, 0.15) is 0 Å². The van der Waals surface area contributed by atoms with Crippen molar-refractivity contribution >= 4 is 16.6 Å². The van der Waals surface area contributed by atoms with Crippen LogP contribution in [-0.4, -0.2) is 5.78 Å². The topological polar surface area (TPSA) is 17.1 Å². The summed E-state index contributed by atoms with van der Waals surface area (Å²) < 4.78 is 0. The molecule has 25 heavy (non-hydrogen) atoms. The predicted molar refractivity (Wildman–Crippen MR) is 103 cm³/mol. The summed E-state index contributed by atoms with van der Waals surface area (Å²) in [5.74, 6) is 1.65. The molecule has 3 aliphatic carbocycles. The van der Waals surface area contributed by atoms with Gasteiger partial charge in [-0.2, -0.15) is 0 Å². The van der Waals surface area contributed by atoms with Gasteiger partial charge in [-0.1, -0.05) is 49.8 Å². The molecule has 0 aliphatic heterocycles. The molecule has 2 bridgehead atoms. The highest BCUT2D eigenvalue weighted by Crippen LogP contribution is 2.58. The van der Waals surface area contributed by atoms with Crippen molar-refractivity contribution in [1.82, 2.24) is 0 Å². The van der Waals surface area contributed by atoms with Gasteiger partial charge in [0.15, 0.2) is 5.78 Å². The second kappa shape index (κ2) is 5.30. The molecule has 0 amide bonds. The Morgan fingerprint density at radius 1 is 1.24 bits per heavy atom. The molecule has 0 saturated heterocycles. The van der Waals surface area contributed by atoms with Gasteiger partial charge in [0.2, 0.25) is 0 Å². The first-order valence-corrected chi connectivity index (χ1v) is 9.84. The molecule has 0 N–H and O–H groups in total. The molecule has 0 aromatic heterocycles. The largest absolute Gasteiger partial charge is 0.294 e. The van der Waals surface area contributed by atoms with E-state index in [1.807, 2.05) is 0 Å². The molecule has 3 aliphatic rings. The Morgan fingerprint density at radius 2 is 2.12 bits per heavy atom. The summed E-state index contributed by atoms with van der Waals surface area (Å²) in [6, 6.07) is 11.1. The van der Waals surface area contributed by atoms with E-state index in [1.165, 1.54) is 28.3 Å². The zero-order valence-corrected chi connectivity index (χ0v) is 15.3. The number of fused-ring (bicyclic) bond motifs is 5. The van der Waals surface area contributed by atoms with Gasteiger partial charge in [-0.25, -0.2) is 0 Å². The summed E-state index contributed by atoms with van der Waals surface area (Å²) in [6.45, 7) is 4.53. The Balaban J connectivity index is 1.64. The summed E-state index contributed by atoms with van der Waals surface area (Å²) in [7, 11) is 0. The first-order valence-electron chi connectivity index (χ1n) is 9.84. The Hall–Kier alpha value is -1.89. The van der Waals surface area contributed by atoms with Gasteiger partial charge in [0.05, 0.1) is 0 Å². The maximum atomic E-state index is 13.6. The summed E-state index contributed by atoms with van der Waals surface area (Å²) in [6.07, 6.45) is 8.91. The molecule has 1 saturated carbocycles. The van der Waals surface area contributed by atoms with Crippen molar-refractivity contribution in [3.05, 3.63) is 58.7 Å². The van der Waals surface area contributed by atoms with Crippen molar-refractivity contribution in [2.75, 3.05) is 0 Å². The standard InChI is InChI=1S/C24H26O/c1-15(2)10-17-4-3-5-18-12-19-8-9-24(14-16-6-7-20(24)11-16)23(25)22(19)13-21(17)18/h3-6,12-13,15,20H,7-11,14H2,1-2H3. The highest BCUT2D eigenvalue weighted by Gasteiger charge is 2.53. The minimum Gasteiger partial charge on any atom is -0.294 e.